The molecular weight excluding hydrogens is 704 g/mol. The van der Waals surface area contributed by atoms with Crippen LogP contribution < -0.4 is 19.1 Å². The number of aliphatic hydroxyl groups is 1. The molecule has 0 aromatic heterocycles. The maximum Gasteiger partial charge on any atom is 0.413 e. The van der Waals surface area contributed by atoms with Crippen LogP contribution in [0.5, 0.6) is 17.2 Å². The SMILES string of the molecule is COCCCN1CCOc2ccc(CO[C@H]3CN(C(=O)O[C@H](C)OC(=O)C(C)C)C[C@@H](O)[C@@H]3c3ccc(OCCCOc4ccccc4Cl)cc3)cc21. The summed E-state index contributed by atoms with van der Waals surface area (Å²) in [6, 6.07) is 20.9. The Labute approximate surface area is 316 Å². The van der Waals surface area contributed by atoms with Gasteiger partial charge in [0.2, 0.25) is 6.29 Å². The van der Waals surface area contributed by atoms with E-state index in [-0.39, 0.29) is 25.6 Å². The third-order valence-electron chi connectivity index (χ3n) is 9.04. The number of nitrogens with zero attached hydrogens (tertiary/aromatic N) is 2. The molecule has 3 aromatic rings. The van der Waals surface area contributed by atoms with Crippen LogP contribution in [0.1, 0.15) is 50.7 Å². The van der Waals surface area contributed by atoms with Gasteiger partial charge in [-0.05, 0) is 53.9 Å². The lowest BCUT2D eigenvalue weighted by atomic mass is 9.84. The van der Waals surface area contributed by atoms with Gasteiger partial charge in [0.25, 0.3) is 0 Å². The molecule has 12 nitrogen and oxygen atoms in total. The van der Waals surface area contributed by atoms with E-state index < -0.39 is 36.5 Å². The quantitative estimate of drug-likeness (QED) is 0.0929. The number of esters is 1. The van der Waals surface area contributed by atoms with Gasteiger partial charge in [-0.25, -0.2) is 4.79 Å². The Kier molecular flexibility index (Phi) is 14.9. The minimum Gasteiger partial charge on any atom is -0.493 e. The molecule has 13 heteroatoms. The maximum atomic E-state index is 13.2. The number of halogens is 1. The molecular formula is C40H51ClN2O10. The Balaban J connectivity index is 1.25. The first-order valence-corrected chi connectivity index (χ1v) is 18.6. The van der Waals surface area contributed by atoms with Crippen LogP contribution in [-0.4, -0.2) is 100 Å². The van der Waals surface area contributed by atoms with Crippen LogP contribution in [0.4, 0.5) is 10.5 Å². The van der Waals surface area contributed by atoms with Gasteiger partial charge in [0.15, 0.2) is 0 Å². The van der Waals surface area contributed by atoms with Crippen molar-refractivity contribution >= 4 is 29.4 Å². The number of benzene rings is 3. The predicted octanol–water partition coefficient (Wildman–Crippen LogP) is 6.45. The molecule has 0 radical (unpaired) electrons. The zero-order valence-electron chi connectivity index (χ0n) is 30.9. The fraction of sp³-hybridized carbons (Fsp3) is 0.500. The predicted molar refractivity (Wildman–Crippen MR) is 200 cm³/mol. The van der Waals surface area contributed by atoms with Gasteiger partial charge in [0, 0.05) is 39.5 Å². The van der Waals surface area contributed by atoms with Crippen LogP contribution in [-0.2, 0) is 30.3 Å². The van der Waals surface area contributed by atoms with Gasteiger partial charge in [-0.2, -0.15) is 0 Å². The first-order valence-electron chi connectivity index (χ1n) is 18.2. The fourth-order valence-corrected chi connectivity index (χ4v) is 6.49. The van der Waals surface area contributed by atoms with Gasteiger partial charge in [-0.3, -0.25) is 4.79 Å². The molecule has 2 heterocycles. The van der Waals surface area contributed by atoms with Gasteiger partial charge in [-0.1, -0.05) is 55.8 Å². The van der Waals surface area contributed by atoms with Crippen molar-refractivity contribution in [2.75, 3.05) is 64.6 Å². The highest BCUT2D eigenvalue weighted by molar-refractivity contribution is 6.32. The van der Waals surface area contributed by atoms with Crippen molar-refractivity contribution < 1.29 is 47.9 Å². The summed E-state index contributed by atoms with van der Waals surface area (Å²) in [5.74, 6) is 0.827. The first kappa shape index (κ1) is 40.0. The van der Waals surface area contributed by atoms with Crippen molar-refractivity contribution in [3.8, 4) is 17.2 Å². The van der Waals surface area contributed by atoms with Crippen molar-refractivity contribution in [1.29, 1.82) is 0 Å². The molecule has 5 rings (SSSR count). The minimum atomic E-state index is -1.09. The second-order valence-corrected chi connectivity index (χ2v) is 13.8. The largest absolute Gasteiger partial charge is 0.493 e. The van der Waals surface area contributed by atoms with E-state index in [1.54, 1.807) is 27.0 Å². The summed E-state index contributed by atoms with van der Waals surface area (Å²) < 4.78 is 40.1. The number of hydrogen-bond acceptors (Lipinski definition) is 11. The summed E-state index contributed by atoms with van der Waals surface area (Å²) in [6.45, 7) is 9.06. The van der Waals surface area contributed by atoms with Crippen LogP contribution in [0, 0.1) is 5.92 Å². The number of hydrogen-bond donors (Lipinski definition) is 1. The first-order chi connectivity index (χ1) is 25.6. The van der Waals surface area contributed by atoms with Crippen molar-refractivity contribution in [2.45, 2.75) is 64.6 Å². The van der Waals surface area contributed by atoms with Gasteiger partial charge < -0.3 is 48.1 Å². The number of rotatable bonds is 17. The van der Waals surface area contributed by atoms with Crippen molar-refractivity contribution in [1.82, 2.24) is 4.90 Å². The topological polar surface area (TPSA) is 125 Å². The number of likely N-dealkylation sites (tertiary alicyclic amines) is 1. The van der Waals surface area contributed by atoms with Gasteiger partial charge >= 0.3 is 12.1 Å². The summed E-state index contributed by atoms with van der Waals surface area (Å²) in [5, 5.41) is 12.1. The Morgan fingerprint density at radius 1 is 0.943 bits per heavy atom. The number of β-amino-alcohol motifs (C(OH)–C–C–N with tert-alkyl or cyclic N) is 1. The summed E-state index contributed by atoms with van der Waals surface area (Å²) in [6.07, 6.45) is -1.83. The second kappa shape index (κ2) is 19.7. The molecule has 1 saturated heterocycles. The highest BCUT2D eigenvalue weighted by atomic mass is 35.5. The Hall–Kier alpha value is -4.23. The maximum absolute atomic E-state index is 13.2. The van der Waals surface area contributed by atoms with Crippen LogP contribution in [0.25, 0.3) is 0 Å². The van der Waals surface area contributed by atoms with Crippen molar-refractivity contribution in [3.05, 3.63) is 82.9 Å². The number of aliphatic hydroxyl groups excluding tert-OH is 1. The molecule has 3 aromatic carbocycles. The lowest BCUT2D eigenvalue weighted by molar-refractivity contribution is -0.171. The Morgan fingerprint density at radius 3 is 2.47 bits per heavy atom. The molecule has 0 bridgehead atoms. The van der Waals surface area contributed by atoms with Crippen molar-refractivity contribution in [2.24, 2.45) is 5.92 Å². The monoisotopic (exact) mass is 754 g/mol. The molecule has 1 amide bonds. The third-order valence-corrected chi connectivity index (χ3v) is 9.35. The van der Waals surface area contributed by atoms with E-state index in [0.717, 1.165) is 42.1 Å². The zero-order chi connectivity index (χ0) is 37.7. The molecule has 53 heavy (non-hydrogen) atoms. The van der Waals surface area contributed by atoms with E-state index in [4.69, 9.17) is 44.8 Å². The van der Waals surface area contributed by atoms with E-state index in [2.05, 4.69) is 11.0 Å². The average molecular weight is 755 g/mol. The van der Waals surface area contributed by atoms with E-state index in [1.807, 2.05) is 54.6 Å². The number of anilines is 1. The number of amides is 1. The molecule has 0 saturated carbocycles. The standard InChI is InChI=1S/C40H51ClN2O10/c1-27(2)39(45)52-28(3)53-40(46)43-24-34(44)38(30-12-14-31(15-13-30)48-20-8-21-49-35-10-6-5-9-32(35)41)37(25-43)51-26-29-11-16-36-33(23-29)42(18-22-50-36)17-7-19-47-4/h5-6,9-16,23,27-28,34,37-38,44H,7-8,17-22,24-26H2,1-4H3/t28-,34-,37+,38+/m1/s1. The zero-order valence-corrected chi connectivity index (χ0v) is 31.7. The summed E-state index contributed by atoms with van der Waals surface area (Å²) in [5.41, 5.74) is 2.76. The number of methoxy groups -OCH3 is 1. The molecule has 4 atom stereocenters. The number of carbonyl (C=O) groups is 2. The Morgan fingerprint density at radius 2 is 1.72 bits per heavy atom. The van der Waals surface area contributed by atoms with Gasteiger partial charge in [0.1, 0.15) is 23.9 Å². The molecule has 1 fully saturated rings. The number of para-hydroxylation sites is 1. The van der Waals surface area contributed by atoms with E-state index in [9.17, 15) is 14.7 Å². The van der Waals surface area contributed by atoms with Crippen LogP contribution >= 0.6 is 11.6 Å². The van der Waals surface area contributed by atoms with Gasteiger partial charge in [0.05, 0.1) is 68.3 Å². The minimum absolute atomic E-state index is 0.00447. The molecule has 288 valence electrons. The smallest absolute Gasteiger partial charge is 0.413 e. The van der Waals surface area contributed by atoms with Crippen LogP contribution in [0.15, 0.2) is 66.7 Å². The highest BCUT2D eigenvalue weighted by Gasteiger charge is 2.40. The molecule has 0 unspecified atom stereocenters. The molecule has 2 aliphatic rings. The van der Waals surface area contributed by atoms with Crippen molar-refractivity contribution in [3.63, 3.8) is 0 Å². The number of carbonyl (C=O) groups excluding carboxylic acids is 2. The van der Waals surface area contributed by atoms with Gasteiger partial charge in [-0.15, -0.1) is 0 Å². The lowest BCUT2D eigenvalue weighted by Gasteiger charge is -2.41. The molecule has 1 N–H and O–H groups in total. The third kappa shape index (κ3) is 11.4. The van der Waals surface area contributed by atoms with Crippen LogP contribution in [0.3, 0.4) is 0 Å². The van der Waals surface area contributed by atoms with E-state index >= 15 is 0 Å². The summed E-state index contributed by atoms with van der Waals surface area (Å²) in [4.78, 5) is 29.0. The van der Waals surface area contributed by atoms with E-state index in [0.29, 0.717) is 49.4 Å². The number of piperidine rings is 1. The summed E-state index contributed by atoms with van der Waals surface area (Å²) >= 11 is 6.17. The lowest BCUT2D eigenvalue weighted by Crippen LogP contribution is -2.54. The fourth-order valence-electron chi connectivity index (χ4n) is 6.30. The number of ether oxygens (including phenoxy) is 7. The molecule has 0 aliphatic carbocycles. The molecule has 2 aliphatic heterocycles. The highest BCUT2D eigenvalue weighted by Crippen LogP contribution is 2.36. The van der Waals surface area contributed by atoms with Crippen LogP contribution in [0.2, 0.25) is 5.02 Å². The number of fused-ring (bicyclic) bond motifs is 1. The second-order valence-electron chi connectivity index (χ2n) is 13.4. The average Bonchev–Trinajstić information content (AvgIpc) is 3.14. The molecule has 0 spiro atoms. The Bertz CT molecular complexity index is 1620. The van der Waals surface area contributed by atoms with E-state index in [1.165, 1.54) is 11.8 Å². The summed E-state index contributed by atoms with van der Waals surface area (Å²) in [7, 11) is 1.70. The normalized spacial score (nSPS) is 18.9.